The molecule has 0 radical (unpaired) electrons. The third-order valence-corrected chi connectivity index (χ3v) is 5.05. The molecular formula is C18H19NO2S. The van der Waals surface area contributed by atoms with E-state index in [4.69, 9.17) is 4.84 Å². The Balaban J connectivity index is 1.75. The molecule has 1 unspecified atom stereocenters. The van der Waals surface area contributed by atoms with Gasteiger partial charge in [-0.15, -0.1) is 11.8 Å². The van der Waals surface area contributed by atoms with Crippen molar-refractivity contribution in [2.24, 2.45) is 0 Å². The Morgan fingerprint density at radius 2 is 1.91 bits per heavy atom. The molecule has 0 N–H and O–H groups in total. The number of amides is 1. The lowest BCUT2D eigenvalue weighted by molar-refractivity contribution is -0.190. The van der Waals surface area contributed by atoms with Crippen LogP contribution in [0.4, 0.5) is 0 Å². The molecule has 22 heavy (non-hydrogen) atoms. The summed E-state index contributed by atoms with van der Waals surface area (Å²) in [6.45, 7) is 4.60. The van der Waals surface area contributed by atoms with Gasteiger partial charge in [0, 0.05) is 0 Å². The van der Waals surface area contributed by atoms with Crippen molar-refractivity contribution in [1.82, 2.24) is 5.06 Å². The zero-order valence-electron chi connectivity index (χ0n) is 12.8. The Labute approximate surface area is 135 Å². The summed E-state index contributed by atoms with van der Waals surface area (Å²) in [7, 11) is 0. The average Bonchev–Trinajstić information content (AvgIpc) is 2.90. The van der Waals surface area contributed by atoms with Crippen molar-refractivity contribution in [2.75, 3.05) is 5.75 Å². The van der Waals surface area contributed by atoms with Gasteiger partial charge in [-0.3, -0.25) is 9.63 Å². The van der Waals surface area contributed by atoms with Gasteiger partial charge >= 0.3 is 0 Å². The highest BCUT2D eigenvalue weighted by atomic mass is 32.2. The van der Waals surface area contributed by atoms with E-state index in [0.717, 1.165) is 11.1 Å². The molecule has 114 valence electrons. The Hall–Kier alpha value is -1.78. The van der Waals surface area contributed by atoms with E-state index in [-0.39, 0.29) is 11.3 Å². The monoisotopic (exact) mass is 313 g/mol. The molecule has 2 aromatic rings. The van der Waals surface area contributed by atoms with Crippen LogP contribution in [0.2, 0.25) is 0 Å². The summed E-state index contributed by atoms with van der Waals surface area (Å²) >= 11 is 1.61. The first-order valence-electron chi connectivity index (χ1n) is 7.33. The van der Waals surface area contributed by atoms with Gasteiger partial charge in [0.25, 0.3) is 5.91 Å². The van der Waals surface area contributed by atoms with Crippen LogP contribution in [0.5, 0.6) is 0 Å². The Kier molecular flexibility index (Phi) is 4.50. The lowest BCUT2D eigenvalue weighted by atomic mass is 10.1. The molecular weight excluding hydrogens is 294 g/mol. The number of hydrogen-bond acceptors (Lipinski definition) is 3. The van der Waals surface area contributed by atoms with Crippen LogP contribution >= 0.6 is 11.8 Å². The standard InChI is InChI=1S/C18H19NO2S/c1-13-8-9-16(10-14(13)2)18-19(17(20)12-22-18)21-11-15-6-4-3-5-7-15/h3-10,18H,11-12H2,1-2H3. The summed E-state index contributed by atoms with van der Waals surface area (Å²) in [5, 5.41) is 1.47. The van der Waals surface area contributed by atoms with Gasteiger partial charge in [0.1, 0.15) is 12.0 Å². The molecule has 0 bridgehead atoms. The molecule has 0 spiro atoms. The molecule has 4 heteroatoms. The van der Waals surface area contributed by atoms with E-state index >= 15 is 0 Å². The van der Waals surface area contributed by atoms with E-state index < -0.39 is 0 Å². The minimum absolute atomic E-state index is 0.0316. The predicted octanol–water partition coefficient (Wildman–Crippen LogP) is 4.01. The summed E-state index contributed by atoms with van der Waals surface area (Å²) in [4.78, 5) is 17.9. The lowest BCUT2D eigenvalue weighted by Gasteiger charge is -2.23. The van der Waals surface area contributed by atoms with Crippen molar-refractivity contribution in [3.05, 3.63) is 70.8 Å². The first-order valence-corrected chi connectivity index (χ1v) is 8.37. The quantitative estimate of drug-likeness (QED) is 0.854. The number of hydroxylamine groups is 2. The molecule has 1 fully saturated rings. The first kappa shape index (κ1) is 15.1. The number of thioether (sulfide) groups is 1. The van der Waals surface area contributed by atoms with Crippen molar-refractivity contribution in [3.8, 4) is 0 Å². The van der Waals surface area contributed by atoms with Gasteiger partial charge in [-0.2, -0.15) is 0 Å². The fourth-order valence-corrected chi connectivity index (χ4v) is 3.50. The molecule has 3 rings (SSSR count). The smallest absolute Gasteiger partial charge is 0.257 e. The van der Waals surface area contributed by atoms with Crippen LogP contribution in [0.3, 0.4) is 0 Å². The Morgan fingerprint density at radius 1 is 1.14 bits per heavy atom. The highest BCUT2D eigenvalue weighted by molar-refractivity contribution is 8.00. The fraction of sp³-hybridized carbons (Fsp3) is 0.278. The zero-order chi connectivity index (χ0) is 15.5. The topological polar surface area (TPSA) is 29.5 Å². The van der Waals surface area contributed by atoms with Gasteiger partial charge in [0.15, 0.2) is 0 Å². The summed E-state index contributed by atoms with van der Waals surface area (Å²) in [6.07, 6.45) is 0. The highest BCUT2D eigenvalue weighted by Crippen LogP contribution is 2.39. The highest BCUT2D eigenvalue weighted by Gasteiger charge is 2.34. The van der Waals surface area contributed by atoms with Gasteiger partial charge in [-0.05, 0) is 36.1 Å². The van der Waals surface area contributed by atoms with Crippen LogP contribution in [-0.2, 0) is 16.2 Å². The van der Waals surface area contributed by atoms with Crippen LogP contribution in [0, 0.1) is 13.8 Å². The molecule has 1 aliphatic heterocycles. The molecule has 1 atom stereocenters. The Morgan fingerprint density at radius 3 is 2.64 bits per heavy atom. The van der Waals surface area contributed by atoms with E-state index in [1.54, 1.807) is 11.8 Å². The van der Waals surface area contributed by atoms with Crippen LogP contribution in [-0.4, -0.2) is 16.7 Å². The van der Waals surface area contributed by atoms with Gasteiger partial charge in [-0.1, -0.05) is 48.5 Å². The van der Waals surface area contributed by atoms with Crippen molar-refractivity contribution in [3.63, 3.8) is 0 Å². The molecule has 1 amide bonds. The van der Waals surface area contributed by atoms with Crippen molar-refractivity contribution in [1.29, 1.82) is 0 Å². The SMILES string of the molecule is Cc1ccc(C2SCC(=O)N2OCc2ccccc2)cc1C. The molecule has 0 aliphatic carbocycles. The maximum Gasteiger partial charge on any atom is 0.257 e. The van der Waals surface area contributed by atoms with E-state index in [1.807, 2.05) is 30.3 Å². The second kappa shape index (κ2) is 6.55. The van der Waals surface area contributed by atoms with Gasteiger partial charge in [-0.25, -0.2) is 5.06 Å². The number of hydrogen-bond donors (Lipinski definition) is 0. The Bertz CT molecular complexity index is 672. The summed E-state index contributed by atoms with van der Waals surface area (Å²) in [5.41, 5.74) is 4.67. The summed E-state index contributed by atoms with van der Waals surface area (Å²) in [5.74, 6) is 0.496. The normalized spacial score (nSPS) is 18.0. The van der Waals surface area contributed by atoms with E-state index in [0.29, 0.717) is 12.4 Å². The van der Waals surface area contributed by atoms with Crippen molar-refractivity contribution in [2.45, 2.75) is 25.8 Å². The van der Waals surface area contributed by atoms with E-state index in [2.05, 4.69) is 32.0 Å². The number of benzene rings is 2. The number of rotatable bonds is 4. The van der Waals surface area contributed by atoms with Crippen LogP contribution < -0.4 is 0 Å². The molecule has 3 nitrogen and oxygen atoms in total. The largest absolute Gasteiger partial charge is 0.272 e. The molecule has 0 aromatic heterocycles. The maximum atomic E-state index is 12.1. The van der Waals surface area contributed by atoms with Crippen molar-refractivity contribution < 1.29 is 9.63 Å². The average molecular weight is 313 g/mol. The molecule has 2 aromatic carbocycles. The molecule has 1 heterocycles. The van der Waals surface area contributed by atoms with Gasteiger partial charge in [0.05, 0.1) is 5.75 Å². The van der Waals surface area contributed by atoms with Crippen LogP contribution in [0.1, 0.15) is 27.6 Å². The van der Waals surface area contributed by atoms with E-state index in [1.165, 1.54) is 16.2 Å². The second-order valence-corrected chi connectivity index (χ2v) is 6.55. The van der Waals surface area contributed by atoms with Crippen molar-refractivity contribution >= 4 is 17.7 Å². The van der Waals surface area contributed by atoms with Crippen LogP contribution in [0.25, 0.3) is 0 Å². The zero-order valence-corrected chi connectivity index (χ0v) is 13.6. The minimum atomic E-state index is -0.0597. The number of nitrogens with zero attached hydrogens (tertiary/aromatic N) is 1. The first-order chi connectivity index (χ1) is 10.6. The number of carbonyl (C=O) groups excluding carboxylic acids is 1. The predicted molar refractivity (Wildman–Crippen MR) is 89.2 cm³/mol. The second-order valence-electron chi connectivity index (χ2n) is 5.49. The summed E-state index contributed by atoms with van der Waals surface area (Å²) in [6, 6.07) is 16.2. The third-order valence-electron chi connectivity index (χ3n) is 3.85. The molecule has 1 aliphatic rings. The van der Waals surface area contributed by atoms with E-state index in [9.17, 15) is 4.79 Å². The maximum absolute atomic E-state index is 12.1. The fourth-order valence-electron chi connectivity index (χ4n) is 2.42. The molecule has 0 saturated carbocycles. The minimum Gasteiger partial charge on any atom is -0.272 e. The molecule has 1 saturated heterocycles. The summed E-state index contributed by atoms with van der Waals surface area (Å²) < 4.78 is 0. The lowest BCUT2D eigenvalue weighted by Crippen LogP contribution is -2.28. The third kappa shape index (κ3) is 3.18. The van der Waals surface area contributed by atoms with Gasteiger partial charge in [0.2, 0.25) is 0 Å². The van der Waals surface area contributed by atoms with Crippen LogP contribution in [0.15, 0.2) is 48.5 Å². The van der Waals surface area contributed by atoms with Gasteiger partial charge < -0.3 is 0 Å². The number of aryl methyl sites for hydroxylation is 2. The number of carbonyl (C=O) groups is 1.